The zero-order valence-corrected chi connectivity index (χ0v) is 19.2. The van der Waals surface area contributed by atoms with Gasteiger partial charge in [0, 0.05) is 36.1 Å². The Morgan fingerprint density at radius 3 is 2.61 bits per heavy atom. The molecule has 0 spiro atoms. The lowest BCUT2D eigenvalue weighted by Crippen LogP contribution is -2.38. The van der Waals surface area contributed by atoms with Gasteiger partial charge in [0.05, 0.1) is 9.78 Å². The fourth-order valence-electron chi connectivity index (χ4n) is 2.63. The van der Waals surface area contributed by atoms with Crippen LogP contribution in [0.1, 0.15) is 21.7 Å². The summed E-state index contributed by atoms with van der Waals surface area (Å²) < 4.78 is 0. The Kier molecular flexibility index (Phi) is 8.14. The van der Waals surface area contributed by atoms with Crippen LogP contribution in [0.3, 0.4) is 0 Å². The monoisotopic (exact) mass is 497 g/mol. The van der Waals surface area contributed by atoms with Crippen molar-refractivity contribution in [3.63, 3.8) is 0 Å². The van der Waals surface area contributed by atoms with E-state index in [1.807, 2.05) is 0 Å². The summed E-state index contributed by atoms with van der Waals surface area (Å²) in [5, 5.41) is 7.52. The first-order chi connectivity index (χ1) is 14.8. The van der Waals surface area contributed by atoms with Gasteiger partial charge in [0.25, 0.3) is 17.1 Å². The number of nitrogens with zero attached hydrogens (tertiary/aromatic N) is 1. The van der Waals surface area contributed by atoms with Gasteiger partial charge in [-0.05, 0) is 47.0 Å². The second-order valence-corrected chi connectivity index (χ2v) is 9.12. The van der Waals surface area contributed by atoms with E-state index in [2.05, 4.69) is 10.6 Å². The van der Waals surface area contributed by atoms with E-state index < -0.39 is 11.1 Å². The maximum absolute atomic E-state index is 12.5. The molecular formula is C20H17Cl2N3O4S2. The highest BCUT2D eigenvalue weighted by Gasteiger charge is 2.34. The zero-order valence-electron chi connectivity index (χ0n) is 16.0. The van der Waals surface area contributed by atoms with Crippen molar-refractivity contribution in [3.05, 3.63) is 61.1 Å². The minimum atomic E-state index is -0.446. The largest absolute Gasteiger partial charge is 0.354 e. The Hall–Kier alpha value is -2.33. The first-order valence-corrected chi connectivity index (χ1v) is 11.6. The number of imide groups is 1. The van der Waals surface area contributed by atoms with Crippen molar-refractivity contribution in [3.8, 4) is 0 Å². The average Bonchev–Trinajstić information content (AvgIpc) is 3.34. The summed E-state index contributed by atoms with van der Waals surface area (Å²) in [5.74, 6) is -0.964. The van der Waals surface area contributed by atoms with Crippen LogP contribution < -0.4 is 10.6 Å². The molecule has 1 aliphatic rings. The Morgan fingerprint density at radius 1 is 1.10 bits per heavy atom. The van der Waals surface area contributed by atoms with Gasteiger partial charge in [0.1, 0.15) is 0 Å². The van der Waals surface area contributed by atoms with Crippen LogP contribution >= 0.6 is 46.3 Å². The molecule has 11 heteroatoms. The molecule has 1 saturated heterocycles. The number of thiophene rings is 1. The van der Waals surface area contributed by atoms with Gasteiger partial charge >= 0.3 is 0 Å². The van der Waals surface area contributed by atoms with Crippen LogP contribution in [0.25, 0.3) is 6.08 Å². The summed E-state index contributed by atoms with van der Waals surface area (Å²) in [7, 11) is 0. The molecule has 1 aliphatic heterocycles. The van der Waals surface area contributed by atoms with E-state index in [0.29, 0.717) is 20.5 Å². The Labute approximate surface area is 196 Å². The molecule has 0 saturated carbocycles. The van der Waals surface area contributed by atoms with Crippen LogP contribution in [0.5, 0.6) is 0 Å². The van der Waals surface area contributed by atoms with Crippen LogP contribution in [0, 0.1) is 0 Å². The number of thioether (sulfide) groups is 1. The van der Waals surface area contributed by atoms with Crippen LogP contribution in [0.15, 0.2) is 40.6 Å². The quantitative estimate of drug-likeness (QED) is 0.536. The summed E-state index contributed by atoms with van der Waals surface area (Å²) in [6, 6.07) is 8.33. The molecule has 31 heavy (non-hydrogen) atoms. The molecule has 1 aromatic carbocycles. The van der Waals surface area contributed by atoms with E-state index in [9.17, 15) is 19.2 Å². The molecule has 0 bridgehead atoms. The Bertz CT molecular complexity index is 1040. The van der Waals surface area contributed by atoms with Crippen molar-refractivity contribution < 1.29 is 19.2 Å². The highest BCUT2D eigenvalue weighted by molar-refractivity contribution is 8.18. The SMILES string of the molecule is O=C(CCNC(=O)c1cccs1)NCCN1C(=O)S/C(=C\c2ccc(Cl)cc2Cl)C1=O. The van der Waals surface area contributed by atoms with Gasteiger partial charge in [-0.1, -0.05) is 35.3 Å². The predicted molar refractivity (Wildman–Crippen MR) is 123 cm³/mol. The molecule has 1 aromatic heterocycles. The topological polar surface area (TPSA) is 95.6 Å². The molecule has 2 aromatic rings. The van der Waals surface area contributed by atoms with Gasteiger partial charge in [0.15, 0.2) is 0 Å². The summed E-state index contributed by atoms with van der Waals surface area (Å²) >= 11 is 14.1. The molecule has 1 fully saturated rings. The van der Waals surface area contributed by atoms with Crippen LogP contribution in [0.2, 0.25) is 10.0 Å². The van der Waals surface area contributed by atoms with E-state index in [1.54, 1.807) is 41.8 Å². The minimum absolute atomic E-state index is 0.0453. The number of rotatable bonds is 8. The normalized spacial score (nSPS) is 14.9. The molecule has 2 heterocycles. The molecule has 2 N–H and O–H groups in total. The fraction of sp³-hybridized carbons (Fsp3) is 0.200. The first-order valence-electron chi connectivity index (χ1n) is 9.14. The number of hydrogen-bond acceptors (Lipinski definition) is 6. The molecule has 0 aliphatic carbocycles. The molecule has 0 unspecified atom stereocenters. The van der Waals surface area contributed by atoms with E-state index in [1.165, 1.54) is 11.3 Å². The molecule has 0 radical (unpaired) electrons. The van der Waals surface area contributed by atoms with Gasteiger partial charge in [-0.15, -0.1) is 11.3 Å². The summed E-state index contributed by atoms with van der Waals surface area (Å²) in [4.78, 5) is 50.3. The number of carbonyl (C=O) groups is 4. The average molecular weight is 498 g/mol. The van der Waals surface area contributed by atoms with Gasteiger partial charge in [-0.2, -0.15) is 0 Å². The Balaban J connectivity index is 1.44. The lowest BCUT2D eigenvalue weighted by Gasteiger charge is -2.13. The van der Waals surface area contributed by atoms with Crippen molar-refractivity contribution in [1.82, 2.24) is 15.5 Å². The molecule has 7 nitrogen and oxygen atoms in total. The van der Waals surface area contributed by atoms with E-state index in [-0.39, 0.29) is 42.8 Å². The number of carbonyl (C=O) groups excluding carboxylic acids is 4. The second-order valence-electron chi connectivity index (χ2n) is 6.33. The third kappa shape index (κ3) is 6.33. The summed E-state index contributed by atoms with van der Waals surface area (Å²) in [5.41, 5.74) is 0.578. The smallest absolute Gasteiger partial charge is 0.293 e. The lowest BCUT2D eigenvalue weighted by molar-refractivity contribution is -0.124. The van der Waals surface area contributed by atoms with Crippen molar-refractivity contribution in [2.24, 2.45) is 0 Å². The van der Waals surface area contributed by atoms with Crippen LogP contribution in [0.4, 0.5) is 4.79 Å². The number of nitrogens with one attached hydrogen (secondary N) is 2. The fourth-order valence-corrected chi connectivity index (χ4v) is 4.59. The first kappa shape index (κ1) is 23.3. The third-order valence-electron chi connectivity index (χ3n) is 4.16. The van der Waals surface area contributed by atoms with E-state index in [4.69, 9.17) is 23.2 Å². The molecule has 4 amide bonds. The lowest BCUT2D eigenvalue weighted by atomic mass is 10.2. The van der Waals surface area contributed by atoms with Gasteiger partial charge < -0.3 is 10.6 Å². The van der Waals surface area contributed by atoms with Crippen molar-refractivity contribution >= 4 is 75.3 Å². The highest BCUT2D eigenvalue weighted by Crippen LogP contribution is 2.33. The number of halogens is 2. The maximum atomic E-state index is 12.5. The zero-order chi connectivity index (χ0) is 22.4. The molecule has 0 atom stereocenters. The van der Waals surface area contributed by atoms with Crippen LogP contribution in [-0.4, -0.2) is 47.5 Å². The molecule has 162 valence electrons. The number of amides is 4. The van der Waals surface area contributed by atoms with Gasteiger partial charge in [-0.3, -0.25) is 24.1 Å². The molecule has 3 rings (SSSR count). The van der Waals surface area contributed by atoms with Crippen LogP contribution in [-0.2, 0) is 9.59 Å². The van der Waals surface area contributed by atoms with Crippen molar-refractivity contribution in [2.45, 2.75) is 6.42 Å². The number of benzene rings is 1. The molecular weight excluding hydrogens is 481 g/mol. The second kappa shape index (κ2) is 10.8. The van der Waals surface area contributed by atoms with Gasteiger partial charge in [-0.25, -0.2) is 0 Å². The van der Waals surface area contributed by atoms with Gasteiger partial charge in [0.2, 0.25) is 5.91 Å². The van der Waals surface area contributed by atoms with E-state index in [0.717, 1.165) is 16.7 Å². The Morgan fingerprint density at radius 2 is 1.90 bits per heavy atom. The highest BCUT2D eigenvalue weighted by atomic mass is 35.5. The third-order valence-corrected chi connectivity index (χ3v) is 6.50. The standard InChI is InChI=1S/C20H17Cl2N3O4S2/c21-13-4-3-12(14(22)11-13)10-16-19(28)25(20(29)31-16)8-7-23-17(26)5-6-24-18(27)15-2-1-9-30-15/h1-4,9-11H,5-8H2,(H,23,26)(H,24,27)/b16-10-. The predicted octanol–water partition coefficient (Wildman–Crippen LogP) is 4.03. The maximum Gasteiger partial charge on any atom is 0.293 e. The number of hydrogen-bond donors (Lipinski definition) is 2. The van der Waals surface area contributed by atoms with E-state index >= 15 is 0 Å². The van der Waals surface area contributed by atoms with Crippen molar-refractivity contribution in [1.29, 1.82) is 0 Å². The van der Waals surface area contributed by atoms with Crippen molar-refractivity contribution in [2.75, 3.05) is 19.6 Å². The summed E-state index contributed by atoms with van der Waals surface area (Å²) in [6.45, 7) is 0.350. The minimum Gasteiger partial charge on any atom is -0.354 e. The summed E-state index contributed by atoms with van der Waals surface area (Å²) in [6.07, 6.45) is 1.63.